The monoisotopic (exact) mass is 485 g/mol. The number of pyridine rings is 1. The number of para-hydroxylation sites is 3. The van der Waals surface area contributed by atoms with Gasteiger partial charge in [-0.1, -0.05) is 30.3 Å². The highest BCUT2D eigenvalue weighted by Gasteiger charge is 2.19. The van der Waals surface area contributed by atoms with E-state index in [0.717, 1.165) is 11.1 Å². The maximum atomic E-state index is 13.6. The molecule has 5 rings (SSSR count). The molecular weight excluding hydrogens is 458 g/mol. The molecule has 1 amide bonds. The molecule has 4 aromatic rings. The number of carbonyl (C=O) groups excluding carboxylic acids is 1. The molecule has 0 bridgehead atoms. The standard InChI is InChI=1S/C28H27N3O5/c1-2-34-24-11-7-6-10-22(24)30-27(32)18-31-23-16-26-25(35-12-13-36-26)15-19(23)14-20(28(31)33)17-29-21-8-4-3-5-9-21/h3-11,14-16,29H,2,12-13,17-18H2,1H3,(H,30,32). The van der Waals surface area contributed by atoms with E-state index >= 15 is 0 Å². The predicted molar refractivity (Wildman–Crippen MR) is 139 cm³/mol. The Bertz CT molecular complexity index is 1450. The van der Waals surface area contributed by atoms with E-state index in [2.05, 4.69) is 10.6 Å². The fourth-order valence-electron chi connectivity index (χ4n) is 4.20. The van der Waals surface area contributed by atoms with Gasteiger partial charge in [0.25, 0.3) is 5.56 Å². The Labute approximate surface area is 208 Å². The number of fused-ring (bicyclic) bond motifs is 2. The van der Waals surface area contributed by atoms with Gasteiger partial charge in [0, 0.05) is 29.2 Å². The van der Waals surface area contributed by atoms with Gasteiger partial charge >= 0.3 is 0 Å². The number of carbonyl (C=O) groups is 1. The number of hydrogen-bond acceptors (Lipinski definition) is 6. The molecule has 1 aromatic heterocycles. The number of hydrogen-bond donors (Lipinski definition) is 2. The molecule has 0 unspecified atom stereocenters. The van der Waals surface area contributed by atoms with Gasteiger partial charge in [-0.25, -0.2) is 0 Å². The number of aromatic nitrogens is 1. The van der Waals surface area contributed by atoms with E-state index in [1.807, 2.05) is 61.5 Å². The third-order valence-electron chi connectivity index (χ3n) is 5.85. The van der Waals surface area contributed by atoms with Crippen molar-refractivity contribution in [1.29, 1.82) is 0 Å². The third-order valence-corrected chi connectivity index (χ3v) is 5.85. The van der Waals surface area contributed by atoms with Gasteiger partial charge < -0.3 is 24.8 Å². The van der Waals surface area contributed by atoms with Crippen molar-refractivity contribution in [2.24, 2.45) is 0 Å². The average Bonchev–Trinajstić information content (AvgIpc) is 2.90. The summed E-state index contributed by atoms with van der Waals surface area (Å²) in [5, 5.41) is 6.95. The second kappa shape index (κ2) is 10.4. The predicted octanol–water partition coefficient (Wildman–Crippen LogP) is 4.42. The summed E-state index contributed by atoms with van der Waals surface area (Å²) >= 11 is 0. The Morgan fingerprint density at radius 3 is 2.47 bits per heavy atom. The highest BCUT2D eigenvalue weighted by Crippen LogP contribution is 2.34. The van der Waals surface area contributed by atoms with Crippen molar-refractivity contribution < 1.29 is 19.0 Å². The number of anilines is 2. The first-order chi connectivity index (χ1) is 17.6. The van der Waals surface area contributed by atoms with Crippen molar-refractivity contribution in [3.8, 4) is 17.2 Å². The Morgan fingerprint density at radius 1 is 0.972 bits per heavy atom. The van der Waals surface area contributed by atoms with Crippen LogP contribution in [0.4, 0.5) is 11.4 Å². The van der Waals surface area contributed by atoms with Crippen LogP contribution in [0.25, 0.3) is 10.9 Å². The third kappa shape index (κ3) is 4.98. The summed E-state index contributed by atoms with van der Waals surface area (Å²) in [5.74, 6) is 1.41. The van der Waals surface area contributed by atoms with Crippen molar-refractivity contribution in [2.45, 2.75) is 20.0 Å². The van der Waals surface area contributed by atoms with Gasteiger partial charge in [0.15, 0.2) is 11.5 Å². The molecule has 0 saturated heterocycles. The van der Waals surface area contributed by atoms with E-state index in [4.69, 9.17) is 14.2 Å². The first-order valence-electron chi connectivity index (χ1n) is 11.9. The zero-order valence-corrected chi connectivity index (χ0v) is 20.0. The van der Waals surface area contributed by atoms with E-state index in [0.29, 0.717) is 60.4 Å². The maximum Gasteiger partial charge on any atom is 0.256 e. The van der Waals surface area contributed by atoms with Crippen LogP contribution < -0.4 is 30.4 Å². The van der Waals surface area contributed by atoms with Crippen LogP contribution in [0.3, 0.4) is 0 Å². The zero-order valence-electron chi connectivity index (χ0n) is 20.0. The van der Waals surface area contributed by atoms with Crippen LogP contribution in [-0.4, -0.2) is 30.3 Å². The second-order valence-corrected chi connectivity index (χ2v) is 8.31. The van der Waals surface area contributed by atoms with E-state index in [1.54, 1.807) is 18.2 Å². The average molecular weight is 486 g/mol. The Hall–Kier alpha value is -4.46. The molecule has 0 aliphatic carbocycles. The summed E-state index contributed by atoms with van der Waals surface area (Å²) in [4.78, 5) is 26.7. The molecule has 1 aliphatic rings. The number of benzene rings is 3. The Kier molecular flexibility index (Phi) is 6.75. The Balaban J connectivity index is 1.50. The minimum atomic E-state index is -0.339. The minimum absolute atomic E-state index is 0.172. The van der Waals surface area contributed by atoms with Crippen molar-refractivity contribution in [3.05, 3.63) is 88.7 Å². The molecule has 2 N–H and O–H groups in total. The highest BCUT2D eigenvalue weighted by molar-refractivity contribution is 5.93. The number of nitrogens with zero attached hydrogens (tertiary/aromatic N) is 1. The summed E-state index contributed by atoms with van der Waals surface area (Å²) < 4.78 is 18.6. The van der Waals surface area contributed by atoms with Crippen molar-refractivity contribution >= 4 is 28.2 Å². The topological polar surface area (TPSA) is 90.8 Å². The van der Waals surface area contributed by atoms with Gasteiger partial charge in [0.05, 0.1) is 17.8 Å². The first-order valence-corrected chi connectivity index (χ1v) is 11.9. The summed E-state index contributed by atoms with van der Waals surface area (Å²) in [7, 11) is 0. The molecular formula is C28H27N3O5. The molecule has 1 aliphatic heterocycles. The fraction of sp³-hybridized carbons (Fsp3) is 0.214. The van der Waals surface area contributed by atoms with Crippen LogP contribution >= 0.6 is 0 Å². The number of amides is 1. The van der Waals surface area contributed by atoms with Crippen LogP contribution in [0.1, 0.15) is 12.5 Å². The van der Waals surface area contributed by atoms with Crippen molar-refractivity contribution in [3.63, 3.8) is 0 Å². The molecule has 0 saturated carbocycles. The largest absolute Gasteiger partial charge is 0.492 e. The molecule has 0 fully saturated rings. The van der Waals surface area contributed by atoms with Crippen LogP contribution in [-0.2, 0) is 17.9 Å². The molecule has 8 nitrogen and oxygen atoms in total. The maximum absolute atomic E-state index is 13.6. The van der Waals surface area contributed by atoms with Gasteiger partial charge in [-0.15, -0.1) is 0 Å². The molecule has 184 valence electrons. The first kappa shape index (κ1) is 23.3. The van der Waals surface area contributed by atoms with Gasteiger partial charge in [0.2, 0.25) is 5.91 Å². The molecule has 3 aromatic carbocycles. The van der Waals surface area contributed by atoms with Crippen LogP contribution in [0.2, 0.25) is 0 Å². The second-order valence-electron chi connectivity index (χ2n) is 8.31. The number of rotatable bonds is 8. The minimum Gasteiger partial charge on any atom is -0.492 e. The van der Waals surface area contributed by atoms with Gasteiger partial charge in [0.1, 0.15) is 25.5 Å². The van der Waals surface area contributed by atoms with E-state index in [9.17, 15) is 9.59 Å². The number of ether oxygens (including phenoxy) is 3. The van der Waals surface area contributed by atoms with Crippen LogP contribution in [0.15, 0.2) is 77.6 Å². The summed E-state index contributed by atoms with van der Waals surface area (Å²) in [5.41, 5.74) is 2.33. The van der Waals surface area contributed by atoms with Gasteiger partial charge in [-0.3, -0.25) is 14.2 Å². The highest BCUT2D eigenvalue weighted by atomic mass is 16.6. The lowest BCUT2D eigenvalue weighted by Crippen LogP contribution is -2.31. The molecule has 0 spiro atoms. The van der Waals surface area contributed by atoms with E-state index in [-0.39, 0.29) is 18.0 Å². The molecule has 0 atom stereocenters. The SMILES string of the molecule is CCOc1ccccc1NC(=O)Cn1c(=O)c(CNc2ccccc2)cc2cc3c(cc21)OCCO3. The summed E-state index contributed by atoms with van der Waals surface area (Å²) in [6, 6.07) is 22.3. The molecule has 8 heteroatoms. The normalized spacial score (nSPS) is 12.2. The lowest BCUT2D eigenvalue weighted by molar-refractivity contribution is -0.116. The molecule has 36 heavy (non-hydrogen) atoms. The quantitative estimate of drug-likeness (QED) is 0.384. The van der Waals surface area contributed by atoms with E-state index < -0.39 is 0 Å². The van der Waals surface area contributed by atoms with Crippen molar-refractivity contribution in [2.75, 3.05) is 30.5 Å². The molecule has 2 heterocycles. The lowest BCUT2D eigenvalue weighted by Gasteiger charge is -2.21. The Morgan fingerprint density at radius 2 is 1.69 bits per heavy atom. The van der Waals surface area contributed by atoms with Crippen molar-refractivity contribution in [1.82, 2.24) is 4.57 Å². The smallest absolute Gasteiger partial charge is 0.256 e. The van der Waals surface area contributed by atoms with Gasteiger partial charge in [-0.2, -0.15) is 0 Å². The van der Waals surface area contributed by atoms with Crippen LogP contribution in [0.5, 0.6) is 17.2 Å². The zero-order chi connectivity index (χ0) is 24.9. The lowest BCUT2D eigenvalue weighted by atomic mass is 10.1. The summed E-state index contributed by atoms with van der Waals surface area (Å²) in [6.07, 6.45) is 0. The van der Waals surface area contributed by atoms with Gasteiger partial charge in [-0.05, 0) is 43.3 Å². The van der Waals surface area contributed by atoms with E-state index in [1.165, 1.54) is 4.57 Å². The molecule has 0 radical (unpaired) electrons. The summed E-state index contributed by atoms with van der Waals surface area (Å²) in [6.45, 7) is 3.38. The van der Waals surface area contributed by atoms with Crippen LogP contribution in [0, 0.1) is 0 Å². The number of nitrogens with one attached hydrogen (secondary N) is 2. The fourth-order valence-corrected chi connectivity index (χ4v) is 4.20.